The van der Waals surface area contributed by atoms with E-state index in [9.17, 15) is 18.8 Å². The average molecular weight is 400 g/mol. The number of anilines is 1. The van der Waals surface area contributed by atoms with E-state index >= 15 is 0 Å². The lowest BCUT2D eigenvalue weighted by atomic mass is 9.98. The summed E-state index contributed by atoms with van der Waals surface area (Å²) in [6.07, 6.45) is -1.06. The summed E-state index contributed by atoms with van der Waals surface area (Å²) in [6.45, 7) is 6.89. The number of hydrogen-bond donors (Lipinski definition) is 2. The molecule has 0 heterocycles. The van der Waals surface area contributed by atoms with E-state index in [1.165, 1.54) is 25.1 Å². The highest BCUT2D eigenvalue weighted by Gasteiger charge is 2.21. The maximum absolute atomic E-state index is 13.6. The topological polar surface area (TPSA) is 84.5 Å². The summed E-state index contributed by atoms with van der Waals surface area (Å²) in [5.41, 5.74) is 2.41. The fourth-order valence-corrected chi connectivity index (χ4v) is 2.75. The van der Waals surface area contributed by atoms with Gasteiger partial charge in [-0.25, -0.2) is 4.39 Å². The number of hydrogen-bond acceptors (Lipinski definition) is 4. The van der Waals surface area contributed by atoms with E-state index in [1.54, 1.807) is 0 Å². The first-order valence-electron chi connectivity index (χ1n) is 9.33. The Kier molecular flexibility index (Phi) is 7.47. The summed E-state index contributed by atoms with van der Waals surface area (Å²) < 4.78 is 18.7. The molecule has 1 atom stereocenters. The van der Waals surface area contributed by atoms with Gasteiger partial charge in [0.05, 0.1) is 5.56 Å². The van der Waals surface area contributed by atoms with Crippen LogP contribution >= 0.6 is 0 Å². The van der Waals surface area contributed by atoms with E-state index in [0.29, 0.717) is 5.69 Å². The highest BCUT2D eigenvalue weighted by molar-refractivity contribution is 5.98. The number of halogens is 1. The zero-order valence-corrected chi connectivity index (χ0v) is 16.9. The molecule has 0 saturated carbocycles. The molecule has 0 aliphatic carbocycles. The van der Waals surface area contributed by atoms with Crippen LogP contribution in [0.4, 0.5) is 10.1 Å². The Bertz CT molecular complexity index is 911. The lowest BCUT2D eigenvalue weighted by Gasteiger charge is -2.19. The molecule has 0 bridgehead atoms. The molecule has 2 aromatic rings. The van der Waals surface area contributed by atoms with E-state index in [2.05, 4.69) is 10.6 Å². The van der Waals surface area contributed by atoms with E-state index in [0.717, 1.165) is 17.2 Å². The van der Waals surface area contributed by atoms with E-state index in [1.807, 2.05) is 39.0 Å². The Labute approximate surface area is 169 Å². The van der Waals surface area contributed by atoms with Crippen molar-refractivity contribution in [2.75, 3.05) is 11.9 Å². The maximum atomic E-state index is 13.6. The van der Waals surface area contributed by atoms with Crippen molar-refractivity contribution in [2.45, 2.75) is 39.7 Å². The van der Waals surface area contributed by atoms with E-state index < -0.39 is 36.2 Å². The predicted molar refractivity (Wildman–Crippen MR) is 108 cm³/mol. The standard InChI is InChI=1S/C22H25FN2O4/c1-13(2)16-10-7-8-14(3)20(16)25-21(27)15(4)29-19(26)12-24-22(28)17-9-5-6-11-18(17)23/h5-11,13,15H,12H2,1-4H3,(H,24,28)(H,25,27)/t15-/m1/s1. The molecule has 0 radical (unpaired) electrons. The van der Waals surface area contributed by atoms with Crippen LogP contribution in [0.5, 0.6) is 0 Å². The van der Waals surface area contributed by atoms with Gasteiger partial charge in [-0.3, -0.25) is 14.4 Å². The van der Waals surface area contributed by atoms with Gasteiger partial charge in [-0.15, -0.1) is 0 Å². The predicted octanol–water partition coefficient (Wildman–Crippen LogP) is 3.56. The molecule has 29 heavy (non-hydrogen) atoms. The number of benzene rings is 2. The number of aryl methyl sites for hydroxylation is 1. The molecule has 2 amide bonds. The number of ether oxygens (including phenoxy) is 1. The van der Waals surface area contributed by atoms with Crippen molar-refractivity contribution in [3.05, 3.63) is 65.0 Å². The molecule has 0 aromatic heterocycles. The van der Waals surface area contributed by atoms with Crippen molar-refractivity contribution < 1.29 is 23.5 Å². The van der Waals surface area contributed by atoms with Crippen LogP contribution in [0, 0.1) is 12.7 Å². The largest absolute Gasteiger partial charge is 0.451 e. The number of para-hydroxylation sites is 1. The normalized spacial score (nSPS) is 11.7. The highest BCUT2D eigenvalue weighted by atomic mass is 19.1. The number of esters is 1. The molecule has 154 valence electrons. The van der Waals surface area contributed by atoms with Gasteiger partial charge in [0.25, 0.3) is 11.8 Å². The molecule has 0 fully saturated rings. The second-order valence-electron chi connectivity index (χ2n) is 6.98. The fourth-order valence-electron chi connectivity index (χ4n) is 2.75. The Morgan fingerprint density at radius 3 is 2.38 bits per heavy atom. The van der Waals surface area contributed by atoms with Crippen molar-refractivity contribution in [1.29, 1.82) is 0 Å². The van der Waals surface area contributed by atoms with Gasteiger partial charge >= 0.3 is 5.97 Å². The number of carbonyl (C=O) groups excluding carboxylic acids is 3. The molecule has 2 N–H and O–H groups in total. The summed E-state index contributed by atoms with van der Waals surface area (Å²) in [5, 5.41) is 5.09. The van der Waals surface area contributed by atoms with Gasteiger partial charge in [-0.2, -0.15) is 0 Å². The summed E-state index contributed by atoms with van der Waals surface area (Å²) in [4.78, 5) is 36.3. The van der Waals surface area contributed by atoms with Gasteiger partial charge in [-0.05, 0) is 43.0 Å². The van der Waals surface area contributed by atoms with Crippen molar-refractivity contribution in [3.8, 4) is 0 Å². The van der Waals surface area contributed by atoms with Crippen LogP contribution < -0.4 is 10.6 Å². The molecule has 0 saturated heterocycles. The Hall–Kier alpha value is -3.22. The lowest BCUT2D eigenvalue weighted by Crippen LogP contribution is -2.36. The fraction of sp³-hybridized carbons (Fsp3) is 0.318. The Balaban J connectivity index is 1.92. The van der Waals surface area contributed by atoms with Crippen molar-refractivity contribution in [1.82, 2.24) is 5.32 Å². The van der Waals surface area contributed by atoms with Gasteiger partial charge < -0.3 is 15.4 Å². The summed E-state index contributed by atoms with van der Waals surface area (Å²) in [5.74, 6) is -2.50. The van der Waals surface area contributed by atoms with E-state index in [4.69, 9.17) is 4.74 Å². The average Bonchev–Trinajstić information content (AvgIpc) is 2.67. The molecule has 6 nitrogen and oxygen atoms in total. The smallest absolute Gasteiger partial charge is 0.326 e. The minimum Gasteiger partial charge on any atom is -0.451 e. The van der Waals surface area contributed by atoms with Crippen molar-refractivity contribution in [3.63, 3.8) is 0 Å². The van der Waals surface area contributed by atoms with Crippen LogP contribution in [0.15, 0.2) is 42.5 Å². The minimum absolute atomic E-state index is 0.174. The second kappa shape index (κ2) is 9.82. The summed E-state index contributed by atoms with van der Waals surface area (Å²) >= 11 is 0. The minimum atomic E-state index is -1.06. The van der Waals surface area contributed by atoms with Gasteiger partial charge in [0.1, 0.15) is 12.4 Å². The molecule has 0 aliphatic rings. The third-order valence-electron chi connectivity index (χ3n) is 4.36. The zero-order valence-electron chi connectivity index (χ0n) is 16.9. The number of carbonyl (C=O) groups is 3. The molecule has 0 unspecified atom stereocenters. The van der Waals surface area contributed by atoms with Gasteiger partial charge in [0.2, 0.25) is 0 Å². The SMILES string of the molecule is Cc1cccc(C(C)C)c1NC(=O)[C@@H](C)OC(=O)CNC(=O)c1ccccc1F. The first-order valence-corrected chi connectivity index (χ1v) is 9.33. The summed E-state index contributed by atoms with van der Waals surface area (Å²) in [6, 6.07) is 11.2. The first kappa shape index (κ1) is 22.1. The summed E-state index contributed by atoms with van der Waals surface area (Å²) in [7, 11) is 0. The van der Waals surface area contributed by atoms with Crippen LogP contribution in [0.2, 0.25) is 0 Å². The van der Waals surface area contributed by atoms with Gasteiger partial charge in [0.15, 0.2) is 6.10 Å². The molecular weight excluding hydrogens is 375 g/mol. The maximum Gasteiger partial charge on any atom is 0.326 e. The van der Waals surface area contributed by atoms with Crippen LogP contribution in [0.25, 0.3) is 0 Å². The monoisotopic (exact) mass is 400 g/mol. The van der Waals surface area contributed by atoms with Crippen LogP contribution in [0.1, 0.15) is 48.2 Å². The van der Waals surface area contributed by atoms with Crippen LogP contribution in [-0.4, -0.2) is 30.4 Å². The molecule has 0 aliphatic heterocycles. The number of nitrogens with one attached hydrogen (secondary N) is 2. The van der Waals surface area contributed by atoms with E-state index in [-0.39, 0.29) is 11.5 Å². The van der Waals surface area contributed by atoms with Crippen molar-refractivity contribution in [2.24, 2.45) is 0 Å². The molecule has 0 spiro atoms. The third kappa shape index (κ3) is 5.88. The highest BCUT2D eigenvalue weighted by Crippen LogP contribution is 2.27. The number of rotatable bonds is 7. The zero-order chi connectivity index (χ0) is 21.6. The van der Waals surface area contributed by atoms with Gasteiger partial charge in [0, 0.05) is 5.69 Å². The molecular formula is C22H25FN2O4. The number of amides is 2. The Morgan fingerprint density at radius 2 is 1.72 bits per heavy atom. The van der Waals surface area contributed by atoms with Crippen molar-refractivity contribution >= 4 is 23.5 Å². The van der Waals surface area contributed by atoms with Gasteiger partial charge in [-0.1, -0.05) is 44.2 Å². The Morgan fingerprint density at radius 1 is 1.03 bits per heavy atom. The van der Waals surface area contributed by atoms with Crippen LogP contribution in [-0.2, 0) is 14.3 Å². The molecule has 2 aromatic carbocycles. The first-order chi connectivity index (χ1) is 13.7. The molecule has 2 rings (SSSR count). The molecule has 7 heteroatoms. The lowest BCUT2D eigenvalue weighted by molar-refractivity contribution is -0.152. The quantitative estimate of drug-likeness (QED) is 0.696. The van der Waals surface area contributed by atoms with Crippen LogP contribution in [0.3, 0.4) is 0 Å². The second-order valence-corrected chi connectivity index (χ2v) is 6.98. The third-order valence-corrected chi connectivity index (χ3v) is 4.36.